The molecule has 21 heavy (non-hydrogen) atoms. The molecule has 0 aliphatic heterocycles. The van der Waals surface area contributed by atoms with Gasteiger partial charge in [0.1, 0.15) is 5.82 Å². The van der Waals surface area contributed by atoms with Crippen LogP contribution in [0.4, 0.5) is 10.3 Å². The molecule has 0 saturated carbocycles. The van der Waals surface area contributed by atoms with E-state index in [9.17, 15) is 4.39 Å². The fourth-order valence-electron chi connectivity index (χ4n) is 2.09. The van der Waals surface area contributed by atoms with Crippen LogP contribution in [-0.4, -0.2) is 9.97 Å². The van der Waals surface area contributed by atoms with Crippen LogP contribution in [-0.2, 0) is 13.1 Å². The van der Waals surface area contributed by atoms with Crippen LogP contribution in [0.25, 0.3) is 10.9 Å². The Balaban J connectivity index is 1.77. The summed E-state index contributed by atoms with van der Waals surface area (Å²) in [5.41, 5.74) is 7.68. The van der Waals surface area contributed by atoms with Crippen molar-refractivity contribution >= 4 is 16.9 Å². The van der Waals surface area contributed by atoms with Gasteiger partial charge in [-0.1, -0.05) is 30.3 Å². The molecule has 5 heteroatoms. The van der Waals surface area contributed by atoms with Crippen molar-refractivity contribution in [3.05, 3.63) is 65.6 Å². The van der Waals surface area contributed by atoms with Crippen molar-refractivity contribution in [2.24, 2.45) is 5.73 Å². The van der Waals surface area contributed by atoms with Gasteiger partial charge in [-0.05, 0) is 17.7 Å². The Morgan fingerprint density at radius 3 is 2.81 bits per heavy atom. The summed E-state index contributed by atoms with van der Waals surface area (Å²) in [6.45, 7) is 0.660. The van der Waals surface area contributed by atoms with Gasteiger partial charge in [0.2, 0.25) is 5.95 Å². The lowest BCUT2D eigenvalue weighted by Crippen LogP contribution is -2.06. The van der Waals surface area contributed by atoms with Crippen LogP contribution >= 0.6 is 0 Å². The molecule has 0 aliphatic rings. The first-order valence-corrected chi connectivity index (χ1v) is 6.69. The molecule has 4 nitrogen and oxygen atoms in total. The Bertz CT molecular complexity index is 773. The van der Waals surface area contributed by atoms with E-state index in [-0.39, 0.29) is 5.82 Å². The summed E-state index contributed by atoms with van der Waals surface area (Å²) in [7, 11) is 0. The number of nitrogens with two attached hydrogens (primary N) is 1. The minimum Gasteiger partial charge on any atom is -0.350 e. The highest BCUT2D eigenvalue weighted by Gasteiger charge is 2.04. The molecule has 3 aromatic rings. The molecule has 2 aromatic carbocycles. The molecule has 1 aromatic heterocycles. The number of benzene rings is 2. The van der Waals surface area contributed by atoms with Crippen molar-refractivity contribution < 1.29 is 4.39 Å². The van der Waals surface area contributed by atoms with Crippen molar-refractivity contribution in [1.82, 2.24) is 9.97 Å². The van der Waals surface area contributed by atoms with Crippen molar-refractivity contribution in [2.45, 2.75) is 13.1 Å². The van der Waals surface area contributed by atoms with E-state index >= 15 is 0 Å². The number of hydrogen-bond acceptors (Lipinski definition) is 4. The normalized spacial score (nSPS) is 10.8. The lowest BCUT2D eigenvalue weighted by Gasteiger charge is -2.08. The van der Waals surface area contributed by atoms with Crippen molar-refractivity contribution in [3.63, 3.8) is 0 Å². The molecule has 0 spiro atoms. The summed E-state index contributed by atoms with van der Waals surface area (Å²) in [5, 5.41) is 4.01. The average molecular weight is 282 g/mol. The Hall–Kier alpha value is -2.53. The minimum absolute atomic E-state index is 0.272. The van der Waals surface area contributed by atoms with Gasteiger partial charge in [0.05, 0.1) is 5.52 Å². The Kier molecular flexibility index (Phi) is 3.75. The van der Waals surface area contributed by atoms with Crippen LogP contribution in [0, 0.1) is 5.82 Å². The molecular formula is C16H15FN4. The van der Waals surface area contributed by atoms with Crippen LogP contribution in [0.5, 0.6) is 0 Å². The molecule has 0 saturated heterocycles. The van der Waals surface area contributed by atoms with Crippen molar-refractivity contribution in [1.29, 1.82) is 0 Å². The maximum absolute atomic E-state index is 13.9. The molecule has 0 fully saturated rings. The van der Waals surface area contributed by atoms with E-state index in [1.165, 1.54) is 6.07 Å². The minimum atomic E-state index is -0.272. The summed E-state index contributed by atoms with van der Waals surface area (Å²) >= 11 is 0. The third-order valence-electron chi connectivity index (χ3n) is 3.28. The van der Waals surface area contributed by atoms with E-state index in [1.807, 2.05) is 30.3 Å². The van der Waals surface area contributed by atoms with Gasteiger partial charge in [0, 0.05) is 30.2 Å². The molecule has 1 heterocycles. The molecule has 0 unspecified atom stereocenters. The van der Waals surface area contributed by atoms with Crippen LogP contribution in [0.1, 0.15) is 11.1 Å². The Labute approximate surface area is 121 Å². The standard InChI is InChI=1S/C16H15FN4/c17-14-7-11(8-18)5-6-12(14)9-19-16-20-10-13-3-1-2-4-15(13)21-16/h1-7,10H,8-9,18H2,(H,19,20,21). The van der Waals surface area contributed by atoms with Crippen LogP contribution < -0.4 is 11.1 Å². The second-order valence-electron chi connectivity index (χ2n) is 4.74. The lowest BCUT2D eigenvalue weighted by atomic mass is 10.1. The highest BCUT2D eigenvalue weighted by atomic mass is 19.1. The van der Waals surface area contributed by atoms with Gasteiger partial charge in [0.25, 0.3) is 0 Å². The predicted molar refractivity (Wildman–Crippen MR) is 81.2 cm³/mol. The lowest BCUT2D eigenvalue weighted by molar-refractivity contribution is 0.610. The van der Waals surface area contributed by atoms with Gasteiger partial charge < -0.3 is 11.1 Å². The second kappa shape index (κ2) is 5.85. The number of aromatic nitrogens is 2. The highest BCUT2D eigenvalue weighted by Crippen LogP contribution is 2.14. The topological polar surface area (TPSA) is 63.8 Å². The fourth-order valence-corrected chi connectivity index (χ4v) is 2.09. The number of anilines is 1. The molecule has 3 rings (SSSR count). The van der Waals surface area contributed by atoms with Crippen LogP contribution in [0.2, 0.25) is 0 Å². The van der Waals surface area contributed by atoms with E-state index in [4.69, 9.17) is 5.73 Å². The summed E-state index contributed by atoms with van der Waals surface area (Å²) < 4.78 is 13.9. The number of nitrogens with one attached hydrogen (secondary N) is 1. The van der Waals surface area contributed by atoms with Crippen LogP contribution in [0.3, 0.4) is 0 Å². The van der Waals surface area contributed by atoms with Gasteiger partial charge in [-0.3, -0.25) is 0 Å². The van der Waals surface area contributed by atoms with Crippen LogP contribution in [0.15, 0.2) is 48.7 Å². The summed E-state index contributed by atoms with van der Waals surface area (Å²) in [6, 6.07) is 12.7. The van der Waals surface area contributed by atoms with E-state index in [0.717, 1.165) is 16.5 Å². The quantitative estimate of drug-likeness (QED) is 0.772. The summed E-state index contributed by atoms with van der Waals surface area (Å²) in [5.74, 6) is 0.210. The van der Waals surface area contributed by atoms with Crippen molar-refractivity contribution in [3.8, 4) is 0 Å². The zero-order valence-electron chi connectivity index (χ0n) is 11.4. The van der Waals surface area contributed by atoms with Gasteiger partial charge in [-0.15, -0.1) is 0 Å². The maximum Gasteiger partial charge on any atom is 0.223 e. The molecular weight excluding hydrogens is 267 g/mol. The summed E-state index contributed by atoms with van der Waals surface area (Å²) in [6.07, 6.45) is 1.75. The van der Waals surface area contributed by atoms with E-state index in [2.05, 4.69) is 15.3 Å². The zero-order valence-corrected chi connectivity index (χ0v) is 11.4. The highest BCUT2D eigenvalue weighted by molar-refractivity contribution is 5.78. The number of para-hydroxylation sites is 1. The molecule has 3 N–H and O–H groups in total. The number of fused-ring (bicyclic) bond motifs is 1. The van der Waals surface area contributed by atoms with Gasteiger partial charge >= 0.3 is 0 Å². The molecule has 0 bridgehead atoms. The molecule has 0 atom stereocenters. The monoisotopic (exact) mass is 282 g/mol. The SMILES string of the molecule is NCc1ccc(CNc2ncc3ccccc3n2)c(F)c1. The van der Waals surface area contributed by atoms with Crippen molar-refractivity contribution in [2.75, 3.05) is 5.32 Å². The first-order chi connectivity index (χ1) is 10.3. The third-order valence-corrected chi connectivity index (χ3v) is 3.28. The average Bonchev–Trinajstić information content (AvgIpc) is 2.53. The second-order valence-corrected chi connectivity index (χ2v) is 4.74. The van der Waals surface area contributed by atoms with Gasteiger partial charge in [-0.2, -0.15) is 0 Å². The van der Waals surface area contributed by atoms with Gasteiger partial charge in [-0.25, -0.2) is 14.4 Å². The molecule has 106 valence electrons. The Morgan fingerprint density at radius 2 is 2.00 bits per heavy atom. The van der Waals surface area contributed by atoms with E-state index < -0.39 is 0 Å². The van der Waals surface area contributed by atoms with Gasteiger partial charge in [0.15, 0.2) is 0 Å². The number of halogens is 1. The first-order valence-electron chi connectivity index (χ1n) is 6.69. The molecule has 0 aliphatic carbocycles. The fraction of sp³-hybridized carbons (Fsp3) is 0.125. The maximum atomic E-state index is 13.9. The predicted octanol–water partition coefficient (Wildman–Crippen LogP) is 2.84. The number of rotatable bonds is 4. The summed E-state index contributed by atoms with van der Waals surface area (Å²) in [4.78, 5) is 8.61. The Morgan fingerprint density at radius 1 is 1.14 bits per heavy atom. The molecule has 0 amide bonds. The largest absolute Gasteiger partial charge is 0.350 e. The van der Waals surface area contributed by atoms with E-state index in [0.29, 0.717) is 24.6 Å². The zero-order chi connectivity index (χ0) is 14.7. The smallest absolute Gasteiger partial charge is 0.223 e. The molecule has 0 radical (unpaired) electrons. The van der Waals surface area contributed by atoms with E-state index in [1.54, 1.807) is 12.3 Å². The number of nitrogens with zero attached hydrogens (tertiary/aromatic N) is 2. The third kappa shape index (κ3) is 2.98. The first kappa shape index (κ1) is 13.5. The number of hydrogen-bond donors (Lipinski definition) is 2.